The molecule has 1 aliphatic rings. The van der Waals surface area contributed by atoms with Gasteiger partial charge in [-0.2, -0.15) is 0 Å². The minimum Gasteiger partial charge on any atom is -0.444 e. The van der Waals surface area contributed by atoms with Crippen molar-refractivity contribution in [1.29, 1.82) is 0 Å². The van der Waals surface area contributed by atoms with Crippen LogP contribution in [0.25, 0.3) is 10.8 Å². The van der Waals surface area contributed by atoms with Crippen molar-refractivity contribution in [2.45, 2.75) is 25.4 Å². The molecule has 0 heterocycles. The van der Waals surface area contributed by atoms with Crippen molar-refractivity contribution in [3.8, 4) is 12.3 Å². The van der Waals surface area contributed by atoms with Crippen LogP contribution in [-0.2, 0) is 9.53 Å². The van der Waals surface area contributed by atoms with Crippen molar-refractivity contribution >= 4 is 16.7 Å². The first-order chi connectivity index (χ1) is 9.78. The lowest BCUT2D eigenvalue weighted by Crippen LogP contribution is -2.25. The molecule has 0 amide bonds. The van der Waals surface area contributed by atoms with Crippen molar-refractivity contribution in [2.24, 2.45) is 5.92 Å². The third-order valence-electron chi connectivity index (χ3n) is 3.90. The number of ether oxygens (including phenoxy) is 1. The summed E-state index contributed by atoms with van der Waals surface area (Å²) in [7, 11) is 0. The predicted molar refractivity (Wildman–Crippen MR) is 79.0 cm³/mol. The Morgan fingerprint density at radius 2 is 1.95 bits per heavy atom. The van der Waals surface area contributed by atoms with Crippen LogP contribution in [0.5, 0.6) is 0 Å². The average molecular weight is 264 g/mol. The lowest BCUT2D eigenvalue weighted by Gasteiger charge is -2.25. The van der Waals surface area contributed by atoms with Gasteiger partial charge in [-0.1, -0.05) is 48.7 Å². The number of hydrogen-bond donors (Lipinski definition) is 0. The molecule has 1 atom stereocenters. The molecule has 3 rings (SSSR count). The van der Waals surface area contributed by atoms with E-state index >= 15 is 0 Å². The van der Waals surface area contributed by atoms with Gasteiger partial charge < -0.3 is 4.74 Å². The SMILES string of the molecule is C#CC(OC(=O)C1CCC1)c1ccc2ccccc2c1. The number of terminal acetylenes is 1. The summed E-state index contributed by atoms with van der Waals surface area (Å²) < 4.78 is 5.46. The fourth-order valence-corrected chi connectivity index (χ4v) is 2.43. The van der Waals surface area contributed by atoms with Crippen LogP contribution in [0.4, 0.5) is 0 Å². The van der Waals surface area contributed by atoms with Gasteiger partial charge in [-0.15, -0.1) is 6.42 Å². The van der Waals surface area contributed by atoms with Crippen molar-refractivity contribution in [2.75, 3.05) is 0 Å². The van der Waals surface area contributed by atoms with E-state index in [0.29, 0.717) is 0 Å². The van der Waals surface area contributed by atoms with E-state index in [0.717, 1.165) is 35.6 Å². The number of benzene rings is 2. The van der Waals surface area contributed by atoms with Crippen LogP contribution in [0.3, 0.4) is 0 Å². The van der Waals surface area contributed by atoms with Crippen molar-refractivity contribution in [3.63, 3.8) is 0 Å². The highest BCUT2D eigenvalue weighted by Crippen LogP contribution is 2.30. The molecule has 1 aliphatic carbocycles. The largest absolute Gasteiger partial charge is 0.444 e. The lowest BCUT2D eigenvalue weighted by molar-refractivity contribution is -0.154. The fourth-order valence-electron chi connectivity index (χ4n) is 2.43. The Labute approximate surface area is 118 Å². The number of esters is 1. The van der Waals surface area contributed by atoms with Crippen LogP contribution in [0, 0.1) is 18.3 Å². The van der Waals surface area contributed by atoms with E-state index in [1.165, 1.54) is 0 Å². The van der Waals surface area contributed by atoms with Crippen LogP contribution < -0.4 is 0 Å². The van der Waals surface area contributed by atoms with Gasteiger partial charge in [0.1, 0.15) is 0 Å². The number of hydrogen-bond acceptors (Lipinski definition) is 2. The van der Waals surface area contributed by atoms with E-state index in [-0.39, 0.29) is 11.9 Å². The van der Waals surface area contributed by atoms with Crippen LogP contribution in [0.15, 0.2) is 42.5 Å². The minimum atomic E-state index is -0.590. The molecule has 1 unspecified atom stereocenters. The molecule has 0 radical (unpaired) electrons. The molecule has 1 fully saturated rings. The fraction of sp³-hybridized carbons (Fsp3) is 0.278. The zero-order valence-corrected chi connectivity index (χ0v) is 11.2. The molecule has 1 saturated carbocycles. The molecule has 2 nitrogen and oxygen atoms in total. The van der Waals surface area contributed by atoms with Crippen molar-refractivity contribution in [1.82, 2.24) is 0 Å². The Bertz CT molecular complexity index is 677. The van der Waals surface area contributed by atoms with Gasteiger partial charge in [0.05, 0.1) is 5.92 Å². The number of carbonyl (C=O) groups excluding carboxylic acids is 1. The van der Waals surface area contributed by atoms with E-state index in [1.807, 2.05) is 42.5 Å². The number of carbonyl (C=O) groups is 1. The summed E-state index contributed by atoms with van der Waals surface area (Å²) in [5, 5.41) is 2.25. The Morgan fingerprint density at radius 3 is 2.60 bits per heavy atom. The van der Waals surface area contributed by atoms with Crippen LogP contribution in [0.1, 0.15) is 30.9 Å². The summed E-state index contributed by atoms with van der Waals surface area (Å²) in [6.45, 7) is 0. The number of fused-ring (bicyclic) bond motifs is 1. The first-order valence-electron chi connectivity index (χ1n) is 6.93. The predicted octanol–water partition coefficient (Wildman–Crippen LogP) is 3.86. The Kier molecular flexibility index (Phi) is 3.43. The Hall–Kier alpha value is -2.27. The van der Waals surface area contributed by atoms with Crippen molar-refractivity contribution in [3.05, 3.63) is 48.0 Å². The van der Waals surface area contributed by atoms with E-state index in [1.54, 1.807) is 0 Å². The molecule has 100 valence electrons. The van der Waals surface area contributed by atoms with E-state index in [2.05, 4.69) is 5.92 Å². The third-order valence-corrected chi connectivity index (χ3v) is 3.90. The van der Waals surface area contributed by atoms with Crippen molar-refractivity contribution < 1.29 is 9.53 Å². The molecule has 0 aromatic heterocycles. The van der Waals surface area contributed by atoms with Gasteiger partial charge in [0, 0.05) is 5.56 Å². The minimum absolute atomic E-state index is 0.0475. The third kappa shape index (κ3) is 2.40. The first-order valence-corrected chi connectivity index (χ1v) is 6.93. The van der Waals surface area contributed by atoms with E-state index in [4.69, 9.17) is 11.2 Å². The standard InChI is InChI=1S/C18H16O2/c1-2-17(20-18(19)14-8-5-9-14)16-11-10-13-6-3-4-7-15(13)12-16/h1,3-4,6-7,10-12,14,17H,5,8-9H2. The maximum atomic E-state index is 11.9. The van der Waals surface area contributed by atoms with Gasteiger partial charge >= 0.3 is 5.97 Å². The molecule has 0 aliphatic heterocycles. The number of rotatable bonds is 3. The van der Waals surface area contributed by atoms with Gasteiger partial charge in [-0.3, -0.25) is 4.79 Å². The molecule has 0 saturated heterocycles. The van der Waals surface area contributed by atoms with E-state index < -0.39 is 6.10 Å². The summed E-state index contributed by atoms with van der Waals surface area (Å²) in [4.78, 5) is 11.9. The van der Waals surface area contributed by atoms with Crippen LogP contribution in [0.2, 0.25) is 0 Å². The molecule has 2 aromatic carbocycles. The molecule has 0 N–H and O–H groups in total. The zero-order valence-electron chi connectivity index (χ0n) is 11.2. The lowest BCUT2D eigenvalue weighted by atomic mass is 9.85. The quantitative estimate of drug-likeness (QED) is 0.621. The second kappa shape index (κ2) is 5.38. The second-order valence-corrected chi connectivity index (χ2v) is 5.22. The van der Waals surface area contributed by atoms with Gasteiger partial charge in [-0.25, -0.2) is 0 Å². The van der Waals surface area contributed by atoms with Gasteiger partial charge in [0.2, 0.25) is 0 Å². The highest BCUT2D eigenvalue weighted by Gasteiger charge is 2.28. The summed E-state index contributed by atoms with van der Waals surface area (Å²) in [5.74, 6) is 2.46. The first kappa shape index (κ1) is 12.7. The normalized spacial score (nSPS) is 16.1. The van der Waals surface area contributed by atoms with Gasteiger partial charge in [0.15, 0.2) is 6.10 Å². The Balaban J connectivity index is 1.83. The summed E-state index contributed by atoms with van der Waals surface area (Å²) >= 11 is 0. The highest BCUT2D eigenvalue weighted by atomic mass is 16.5. The van der Waals surface area contributed by atoms with Crippen LogP contribution in [-0.4, -0.2) is 5.97 Å². The maximum Gasteiger partial charge on any atom is 0.310 e. The molecule has 20 heavy (non-hydrogen) atoms. The maximum absolute atomic E-state index is 11.9. The topological polar surface area (TPSA) is 26.3 Å². The smallest absolute Gasteiger partial charge is 0.310 e. The molecule has 2 heteroatoms. The Morgan fingerprint density at radius 1 is 1.20 bits per heavy atom. The summed E-state index contributed by atoms with van der Waals surface area (Å²) in [6, 6.07) is 14.0. The molecule has 0 bridgehead atoms. The highest BCUT2D eigenvalue weighted by molar-refractivity contribution is 5.83. The van der Waals surface area contributed by atoms with Gasteiger partial charge in [0.25, 0.3) is 0 Å². The summed E-state index contributed by atoms with van der Waals surface area (Å²) in [6.07, 6.45) is 7.90. The van der Waals surface area contributed by atoms with Gasteiger partial charge in [-0.05, 0) is 29.7 Å². The molecule has 2 aromatic rings. The summed E-state index contributed by atoms with van der Waals surface area (Å²) in [5.41, 5.74) is 0.860. The second-order valence-electron chi connectivity index (χ2n) is 5.22. The molecular formula is C18H16O2. The van der Waals surface area contributed by atoms with E-state index in [9.17, 15) is 4.79 Å². The van der Waals surface area contributed by atoms with Crippen LogP contribution >= 0.6 is 0 Å². The average Bonchev–Trinajstić information content (AvgIpc) is 2.42. The molecular weight excluding hydrogens is 248 g/mol. The zero-order chi connectivity index (χ0) is 13.9. The molecule has 0 spiro atoms. The monoisotopic (exact) mass is 264 g/mol.